The number of nitrogens with one attached hydrogen (secondary N) is 1. The lowest BCUT2D eigenvalue weighted by molar-refractivity contribution is 0.823. The summed E-state index contributed by atoms with van der Waals surface area (Å²) in [7, 11) is 0. The largest absolute Gasteiger partial charge is 0.360 e. The molecule has 1 aliphatic rings. The minimum absolute atomic E-state index is 0.435. The zero-order valence-electron chi connectivity index (χ0n) is 12.1. The maximum atomic E-state index is 4.86. The summed E-state index contributed by atoms with van der Waals surface area (Å²) in [5.41, 5.74) is 1.19. The van der Waals surface area contributed by atoms with Gasteiger partial charge in [-0.25, -0.2) is 4.98 Å². The summed E-state index contributed by atoms with van der Waals surface area (Å²) in [6, 6.07) is 0. The van der Waals surface area contributed by atoms with Crippen LogP contribution in [0.4, 0.5) is 5.13 Å². The molecule has 2 heterocycles. The number of hydrogen-bond donors (Lipinski definition) is 1. The third-order valence-electron chi connectivity index (χ3n) is 3.29. The summed E-state index contributed by atoms with van der Waals surface area (Å²) in [4.78, 5) is 6.08. The van der Waals surface area contributed by atoms with Crippen molar-refractivity contribution in [2.24, 2.45) is 0 Å². The van der Waals surface area contributed by atoms with Gasteiger partial charge in [-0.1, -0.05) is 32.1 Å². The lowest BCUT2D eigenvalue weighted by Crippen LogP contribution is -1.98. The van der Waals surface area contributed by atoms with Gasteiger partial charge in [0, 0.05) is 12.5 Å². The zero-order chi connectivity index (χ0) is 14.1. The highest BCUT2D eigenvalue weighted by atomic mass is 32.1. The van der Waals surface area contributed by atoms with Gasteiger partial charge in [0.2, 0.25) is 5.13 Å². The van der Waals surface area contributed by atoms with Crippen LogP contribution in [-0.2, 0) is 0 Å². The minimum Gasteiger partial charge on any atom is -0.360 e. The molecule has 1 N–H and O–H groups in total. The van der Waals surface area contributed by atoms with Crippen LogP contribution < -0.4 is 5.32 Å². The van der Waals surface area contributed by atoms with Crippen LogP contribution in [0, 0.1) is 0 Å². The molecule has 20 heavy (non-hydrogen) atoms. The Bertz CT molecular complexity index is 584. The highest BCUT2D eigenvalue weighted by Gasteiger charge is 2.30. The molecule has 0 saturated heterocycles. The zero-order valence-corrected chi connectivity index (χ0v) is 13.8. The lowest BCUT2D eigenvalue weighted by Gasteiger charge is -2.01. The van der Waals surface area contributed by atoms with Crippen molar-refractivity contribution >= 4 is 27.8 Å². The first-order valence-corrected chi connectivity index (χ1v) is 8.90. The van der Waals surface area contributed by atoms with E-state index in [4.69, 9.17) is 4.98 Å². The first-order chi connectivity index (χ1) is 9.69. The summed E-state index contributed by atoms with van der Waals surface area (Å²) in [5.74, 6) is 1.14. The topological polar surface area (TPSA) is 50.7 Å². The summed E-state index contributed by atoms with van der Waals surface area (Å²) in [6.07, 6.45) is 3.69. The Morgan fingerprint density at radius 1 is 1.25 bits per heavy atom. The molecular formula is C14H20N4S2. The molecular weight excluding hydrogens is 288 g/mol. The molecule has 6 heteroatoms. The molecule has 2 aromatic heterocycles. The summed E-state index contributed by atoms with van der Waals surface area (Å²) < 4.78 is 0. The third-order valence-corrected chi connectivity index (χ3v) is 5.56. The van der Waals surface area contributed by atoms with E-state index in [0.717, 1.165) is 23.1 Å². The van der Waals surface area contributed by atoms with E-state index in [1.165, 1.54) is 28.4 Å². The smallest absolute Gasteiger partial charge is 0.206 e. The molecule has 2 aromatic rings. The first kappa shape index (κ1) is 13.9. The number of hydrogen-bond acceptors (Lipinski definition) is 6. The average Bonchev–Trinajstić information content (AvgIpc) is 3.02. The van der Waals surface area contributed by atoms with Crippen LogP contribution >= 0.6 is 22.7 Å². The van der Waals surface area contributed by atoms with Crippen LogP contribution in [-0.4, -0.2) is 21.7 Å². The fourth-order valence-corrected chi connectivity index (χ4v) is 4.25. The van der Waals surface area contributed by atoms with Gasteiger partial charge < -0.3 is 5.32 Å². The number of nitrogens with zero attached hydrogens (tertiary/aromatic N) is 3. The molecule has 3 rings (SSSR count). The summed E-state index contributed by atoms with van der Waals surface area (Å²) in [5, 5.41) is 15.1. The van der Waals surface area contributed by atoms with Gasteiger partial charge in [-0.2, -0.15) is 0 Å². The maximum absolute atomic E-state index is 4.86. The van der Waals surface area contributed by atoms with Crippen molar-refractivity contribution in [3.63, 3.8) is 0 Å². The SMILES string of the molecule is CCCNc1nnc(-c2sc(C3CC3)nc2C(C)C)s1. The van der Waals surface area contributed by atoms with Crippen LogP contribution in [0.25, 0.3) is 9.88 Å². The second-order valence-electron chi connectivity index (χ2n) is 5.53. The molecule has 0 amide bonds. The molecule has 1 fully saturated rings. The Morgan fingerprint density at radius 3 is 2.70 bits per heavy atom. The Balaban J connectivity index is 1.89. The number of rotatable bonds is 6. The molecule has 108 valence electrons. The quantitative estimate of drug-likeness (QED) is 0.854. The molecule has 0 aliphatic heterocycles. The minimum atomic E-state index is 0.435. The van der Waals surface area contributed by atoms with Crippen LogP contribution in [0.1, 0.15) is 62.6 Å². The van der Waals surface area contributed by atoms with E-state index in [1.54, 1.807) is 11.3 Å². The Morgan fingerprint density at radius 2 is 2.05 bits per heavy atom. The normalized spacial score (nSPS) is 15.0. The van der Waals surface area contributed by atoms with Crippen molar-refractivity contribution in [2.75, 3.05) is 11.9 Å². The molecule has 1 saturated carbocycles. The van der Waals surface area contributed by atoms with E-state index >= 15 is 0 Å². The summed E-state index contributed by atoms with van der Waals surface area (Å²) in [6.45, 7) is 7.50. The van der Waals surface area contributed by atoms with Gasteiger partial charge in [-0.15, -0.1) is 21.5 Å². The van der Waals surface area contributed by atoms with Crippen molar-refractivity contribution in [1.29, 1.82) is 0 Å². The molecule has 0 aromatic carbocycles. The van der Waals surface area contributed by atoms with E-state index in [-0.39, 0.29) is 0 Å². The highest BCUT2D eigenvalue weighted by molar-refractivity contribution is 7.23. The maximum Gasteiger partial charge on any atom is 0.206 e. The van der Waals surface area contributed by atoms with Crippen molar-refractivity contribution < 1.29 is 0 Å². The Labute approximate surface area is 127 Å². The van der Waals surface area contributed by atoms with E-state index in [9.17, 15) is 0 Å². The lowest BCUT2D eigenvalue weighted by atomic mass is 10.1. The molecule has 0 bridgehead atoms. The van der Waals surface area contributed by atoms with Gasteiger partial charge >= 0.3 is 0 Å². The van der Waals surface area contributed by atoms with Gasteiger partial charge in [-0.05, 0) is 25.2 Å². The standard InChI is InChI=1S/C14H20N4S2/c1-4-7-15-14-18-17-13(20-14)11-10(8(2)3)16-12(19-11)9-5-6-9/h8-9H,4-7H2,1-3H3,(H,15,18). The monoisotopic (exact) mass is 308 g/mol. The van der Waals surface area contributed by atoms with Gasteiger partial charge in [0.25, 0.3) is 0 Å². The van der Waals surface area contributed by atoms with Gasteiger partial charge in [0.15, 0.2) is 5.01 Å². The second kappa shape index (κ2) is 5.77. The molecule has 0 unspecified atom stereocenters. The fraction of sp³-hybridized carbons (Fsp3) is 0.643. The van der Waals surface area contributed by atoms with Crippen LogP contribution in [0.3, 0.4) is 0 Å². The van der Waals surface area contributed by atoms with Crippen molar-refractivity contribution in [2.45, 2.75) is 51.9 Å². The first-order valence-electron chi connectivity index (χ1n) is 7.27. The third kappa shape index (κ3) is 2.86. The molecule has 4 nitrogen and oxygen atoms in total. The number of aromatic nitrogens is 3. The van der Waals surface area contributed by atoms with Gasteiger partial charge in [-0.3, -0.25) is 0 Å². The van der Waals surface area contributed by atoms with Gasteiger partial charge in [0.05, 0.1) is 15.6 Å². The average molecular weight is 308 g/mol. The number of thiazole rings is 1. The van der Waals surface area contributed by atoms with E-state index < -0.39 is 0 Å². The Hall–Kier alpha value is -1.01. The van der Waals surface area contributed by atoms with Crippen molar-refractivity contribution in [3.8, 4) is 9.88 Å². The predicted molar refractivity (Wildman–Crippen MR) is 85.9 cm³/mol. The van der Waals surface area contributed by atoms with E-state index in [2.05, 4.69) is 36.3 Å². The van der Waals surface area contributed by atoms with Crippen LogP contribution in [0.5, 0.6) is 0 Å². The van der Waals surface area contributed by atoms with Gasteiger partial charge in [0.1, 0.15) is 0 Å². The Kier molecular flexibility index (Phi) is 4.03. The molecule has 1 aliphatic carbocycles. The van der Waals surface area contributed by atoms with Crippen molar-refractivity contribution in [3.05, 3.63) is 10.7 Å². The molecule has 0 radical (unpaired) electrons. The number of anilines is 1. The molecule has 0 atom stereocenters. The van der Waals surface area contributed by atoms with Crippen LogP contribution in [0.15, 0.2) is 0 Å². The second-order valence-corrected chi connectivity index (χ2v) is 7.54. The summed E-state index contributed by atoms with van der Waals surface area (Å²) >= 11 is 3.46. The fourth-order valence-electron chi connectivity index (χ4n) is 2.02. The van der Waals surface area contributed by atoms with Crippen LogP contribution in [0.2, 0.25) is 0 Å². The van der Waals surface area contributed by atoms with E-state index in [1.807, 2.05) is 11.3 Å². The molecule has 0 spiro atoms. The highest BCUT2D eigenvalue weighted by Crippen LogP contribution is 2.46. The van der Waals surface area contributed by atoms with Crippen molar-refractivity contribution in [1.82, 2.24) is 15.2 Å². The van der Waals surface area contributed by atoms with E-state index in [0.29, 0.717) is 11.8 Å². The predicted octanol–water partition coefficient (Wildman–Crippen LogP) is 4.48.